The highest BCUT2D eigenvalue weighted by Gasteiger charge is 2.29. The van der Waals surface area contributed by atoms with E-state index in [1.807, 2.05) is 30.3 Å². The second-order valence-corrected chi connectivity index (χ2v) is 9.60. The molecule has 152 valence electrons. The van der Waals surface area contributed by atoms with E-state index in [4.69, 9.17) is 4.84 Å². The molecular weight excluding hydrogens is 390 g/mol. The van der Waals surface area contributed by atoms with E-state index in [9.17, 15) is 13.2 Å². The minimum Gasteiger partial charge on any atom is -0.390 e. The number of nitrogens with zero attached hydrogens (tertiary/aromatic N) is 1. The molecule has 0 radical (unpaired) electrons. The first kappa shape index (κ1) is 19.4. The van der Waals surface area contributed by atoms with E-state index in [-0.39, 0.29) is 29.7 Å². The number of carbonyl (C=O) groups is 1. The second-order valence-electron chi connectivity index (χ2n) is 7.37. The summed E-state index contributed by atoms with van der Waals surface area (Å²) < 4.78 is 22.9. The van der Waals surface area contributed by atoms with Crippen molar-refractivity contribution in [2.75, 3.05) is 18.1 Å². The molecule has 2 amide bonds. The fourth-order valence-corrected chi connectivity index (χ4v) is 5.22. The predicted octanol–water partition coefficient (Wildman–Crippen LogP) is 2.33. The van der Waals surface area contributed by atoms with Crippen molar-refractivity contribution in [2.24, 2.45) is 5.16 Å². The van der Waals surface area contributed by atoms with Crippen molar-refractivity contribution >= 4 is 21.6 Å². The highest BCUT2D eigenvalue weighted by Crippen LogP contribution is 2.22. The normalized spacial score (nSPS) is 22.6. The van der Waals surface area contributed by atoms with Gasteiger partial charge in [-0.15, -0.1) is 0 Å². The summed E-state index contributed by atoms with van der Waals surface area (Å²) in [6.45, 7) is 0.306. The van der Waals surface area contributed by atoms with Gasteiger partial charge in [0.2, 0.25) is 0 Å². The summed E-state index contributed by atoms with van der Waals surface area (Å²) in [6, 6.07) is 17.6. The van der Waals surface area contributed by atoms with Crippen molar-refractivity contribution in [1.82, 2.24) is 10.6 Å². The largest absolute Gasteiger partial charge is 0.390 e. The molecule has 1 fully saturated rings. The molecule has 4 rings (SSSR count). The lowest BCUT2D eigenvalue weighted by Gasteiger charge is -2.14. The number of nitrogens with one attached hydrogen (secondary N) is 2. The molecule has 7 nitrogen and oxygen atoms in total. The quantitative estimate of drug-likeness (QED) is 0.786. The van der Waals surface area contributed by atoms with Crippen LogP contribution in [0.2, 0.25) is 0 Å². The van der Waals surface area contributed by atoms with Crippen LogP contribution in [0.3, 0.4) is 0 Å². The smallest absolute Gasteiger partial charge is 0.315 e. The van der Waals surface area contributed by atoms with E-state index in [0.717, 1.165) is 22.4 Å². The summed E-state index contributed by atoms with van der Waals surface area (Å²) in [5.74, 6) is 0.135. The Hall–Kier alpha value is -2.87. The van der Waals surface area contributed by atoms with Gasteiger partial charge in [-0.2, -0.15) is 0 Å². The summed E-state index contributed by atoms with van der Waals surface area (Å²) >= 11 is 0. The lowest BCUT2D eigenvalue weighted by Crippen LogP contribution is -2.45. The van der Waals surface area contributed by atoms with Gasteiger partial charge in [-0.25, -0.2) is 13.2 Å². The zero-order valence-electron chi connectivity index (χ0n) is 15.9. The molecule has 0 aromatic heterocycles. The molecule has 2 aliphatic heterocycles. The third kappa shape index (κ3) is 4.95. The molecule has 0 aliphatic carbocycles. The van der Waals surface area contributed by atoms with E-state index >= 15 is 0 Å². The number of urea groups is 1. The van der Waals surface area contributed by atoms with Crippen LogP contribution in [0.4, 0.5) is 4.79 Å². The summed E-state index contributed by atoms with van der Waals surface area (Å²) in [5.41, 5.74) is 4.14. The molecule has 2 aliphatic rings. The van der Waals surface area contributed by atoms with Crippen LogP contribution >= 0.6 is 0 Å². The number of amides is 2. The molecule has 2 atom stereocenters. The zero-order valence-corrected chi connectivity index (χ0v) is 16.7. The van der Waals surface area contributed by atoms with Gasteiger partial charge in [-0.3, -0.25) is 0 Å². The van der Waals surface area contributed by atoms with Crippen molar-refractivity contribution < 1.29 is 18.0 Å². The summed E-state index contributed by atoms with van der Waals surface area (Å²) in [7, 11) is -3.02. The lowest BCUT2D eigenvalue weighted by atomic mass is 10.0. The van der Waals surface area contributed by atoms with Crippen LogP contribution < -0.4 is 10.6 Å². The number of oxime groups is 1. The maximum absolute atomic E-state index is 12.0. The first-order chi connectivity index (χ1) is 14.0. The van der Waals surface area contributed by atoms with Crippen molar-refractivity contribution in [2.45, 2.75) is 25.0 Å². The van der Waals surface area contributed by atoms with Gasteiger partial charge >= 0.3 is 6.03 Å². The van der Waals surface area contributed by atoms with Gasteiger partial charge in [0.1, 0.15) is 0 Å². The van der Waals surface area contributed by atoms with Crippen molar-refractivity contribution in [1.29, 1.82) is 0 Å². The molecule has 2 heterocycles. The van der Waals surface area contributed by atoms with E-state index in [1.54, 1.807) is 0 Å². The van der Waals surface area contributed by atoms with Crippen LogP contribution in [0.5, 0.6) is 0 Å². The number of hydrogen-bond donors (Lipinski definition) is 2. The fraction of sp³-hybridized carbons (Fsp3) is 0.333. The molecule has 0 spiro atoms. The van der Waals surface area contributed by atoms with E-state index in [1.165, 1.54) is 0 Å². The molecule has 0 bridgehead atoms. The molecule has 2 aromatic rings. The molecule has 29 heavy (non-hydrogen) atoms. The number of rotatable bonds is 5. The Morgan fingerprint density at radius 2 is 1.72 bits per heavy atom. The second kappa shape index (κ2) is 8.24. The van der Waals surface area contributed by atoms with Gasteiger partial charge in [0.15, 0.2) is 15.9 Å². The standard InChI is InChI=1S/C21H23N3O4S/c25-21(23-18-10-11-29(26,27)14-18)22-13-19-12-20(24-28-19)17-8-6-16(7-9-17)15-4-2-1-3-5-15/h1-9,18-19H,10-14H2,(H2,22,23,25)/t18-,19-/m0/s1. The maximum atomic E-state index is 12.0. The Bertz CT molecular complexity index is 1000. The van der Waals surface area contributed by atoms with Gasteiger partial charge < -0.3 is 15.5 Å². The van der Waals surface area contributed by atoms with Crippen LogP contribution in [0.15, 0.2) is 59.8 Å². The Kier molecular flexibility index (Phi) is 5.53. The molecule has 0 saturated carbocycles. The summed E-state index contributed by atoms with van der Waals surface area (Å²) in [5, 5.41) is 9.59. The van der Waals surface area contributed by atoms with Crippen LogP contribution in [0, 0.1) is 0 Å². The number of sulfone groups is 1. The first-order valence-electron chi connectivity index (χ1n) is 9.62. The minimum atomic E-state index is -3.02. The summed E-state index contributed by atoms with van der Waals surface area (Å²) in [6.07, 6.45) is 0.821. The molecule has 2 aromatic carbocycles. The van der Waals surface area contributed by atoms with Gasteiger partial charge in [0.25, 0.3) is 0 Å². The Balaban J connectivity index is 1.25. The van der Waals surface area contributed by atoms with Gasteiger partial charge in [0.05, 0.1) is 23.8 Å². The third-order valence-corrected chi connectivity index (χ3v) is 6.88. The number of carbonyl (C=O) groups excluding carboxylic acids is 1. The van der Waals surface area contributed by atoms with E-state index in [2.05, 4.69) is 40.1 Å². The van der Waals surface area contributed by atoms with E-state index in [0.29, 0.717) is 19.4 Å². The van der Waals surface area contributed by atoms with Gasteiger partial charge in [0, 0.05) is 12.5 Å². The van der Waals surface area contributed by atoms with Crippen molar-refractivity contribution in [3.05, 3.63) is 60.2 Å². The van der Waals surface area contributed by atoms with Gasteiger partial charge in [-0.05, 0) is 23.1 Å². The SMILES string of the molecule is O=C(NC[C@@H]1CC(c2ccc(-c3ccccc3)cc2)=NO1)N[C@H]1CCS(=O)(=O)C1. The highest BCUT2D eigenvalue weighted by molar-refractivity contribution is 7.91. The third-order valence-electron chi connectivity index (χ3n) is 5.12. The van der Waals surface area contributed by atoms with Crippen LogP contribution in [-0.2, 0) is 14.7 Å². The topological polar surface area (TPSA) is 96.9 Å². The maximum Gasteiger partial charge on any atom is 0.315 e. The molecule has 2 N–H and O–H groups in total. The van der Waals surface area contributed by atoms with E-state index < -0.39 is 9.84 Å². The average molecular weight is 413 g/mol. The van der Waals surface area contributed by atoms with Crippen molar-refractivity contribution in [3.63, 3.8) is 0 Å². The van der Waals surface area contributed by atoms with Crippen LogP contribution in [0.25, 0.3) is 11.1 Å². The summed E-state index contributed by atoms with van der Waals surface area (Å²) in [4.78, 5) is 17.4. The highest BCUT2D eigenvalue weighted by atomic mass is 32.2. The molecule has 0 unspecified atom stereocenters. The monoisotopic (exact) mass is 413 g/mol. The number of benzene rings is 2. The molecule has 1 saturated heterocycles. The predicted molar refractivity (Wildman–Crippen MR) is 111 cm³/mol. The minimum absolute atomic E-state index is 0.00653. The lowest BCUT2D eigenvalue weighted by molar-refractivity contribution is 0.0864. The van der Waals surface area contributed by atoms with Crippen molar-refractivity contribution in [3.8, 4) is 11.1 Å². The van der Waals surface area contributed by atoms with Crippen LogP contribution in [0.1, 0.15) is 18.4 Å². The Morgan fingerprint density at radius 3 is 2.41 bits per heavy atom. The van der Waals surface area contributed by atoms with Gasteiger partial charge in [-0.1, -0.05) is 59.8 Å². The zero-order chi connectivity index (χ0) is 20.3. The molecular formula is C21H23N3O4S. The Morgan fingerprint density at radius 1 is 1.03 bits per heavy atom. The first-order valence-corrected chi connectivity index (χ1v) is 11.4. The fourth-order valence-electron chi connectivity index (χ4n) is 3.55. The number of hydrogen-bond acceptors (Lipinski definition) is 5. The molecule has 8 heteroatoms. The van der Waals surface area contributed by atoms with Crippen LogP contribution in [-0.4, -0.2) is 50.4 Å². The average Bonchev–Trinajstić information content (AvgIpc) is 3.33. The Labute approximate surface area is 170 Å².